The van der Waals surface area contributed by atoms with Gasteiger partial charge in [0.1, 0.15) is 0 Å². The molecule has 1 atom stereocenters. The first kappa shape index (κ1) is 14.3. The summed E-state index contributed by atoms with van der Waals surface area (Å²) in [4.78, 5) is 4.73. The van der Waals surface area contributed by atoms with Crippen molar-refractivity contribution in [3.05, 3.63) is 29.3 Å². The fourth-order valence-corrected chi connectivity index (χ4v) is 2.62. The van der Waals surface area contributed by atoms with Crippen LogP contribution in [0.15, 0.2) is 18.2 Å². The zero-order valence-electron chi connectivity index (χ0n) is 12.0. The molecule has 0 radical (unpaired) electrons. The van der Waals surface area contributed by atoms with Gasteiger partial charge < -0.3 is 15.7 Å². The van der Waals surface area contributed by atoms with E-state index in [1.54, 1.807) is 0 Å². The average molecular weight is 263 g/mol. The Kier molecular flexibility index (Phi) is 4.80. The number of aliphatic hydroxyl groups is 1. The number of aliphatic hydroxyl groups excluding tert-OH is 1. The van der Waals surface area contributed by atoms with Gasteiger partial charge in [-0.3, -0.25) is 4.90 Å². The van der Waals surface area contributed by atoms with E-state index in [4.69, 9.17) is 5.73 Å². The topological polar surface area (TPSA) is 52.7 Å². The van der Waals surface area contributed by atoms with Crippen LogP contribution in [-0.4, -0.2) is 55.4 Å². The molecule has 1 aliphatic rings. The van der Waals surface area contributed by atoms with E-state index in [1.165, 1.54) is 16.8 Å². The SMILES string of the molecule is Cc1cccc(N2CCN(CC(O)CN)CC2)c1C. The highest BCUT2D eigenvalue weighted by molar-refractivity contribution is 5.56. The van der Waals surface area contributed by atoms with E-state index >= 15 is 0 Å². The summed E-state index contributed by atoms with van der Waals surface area (Å²) in [5, 5.41) is 9.59. The molecule has 3 N–H and O–H groups in total. The summed E-state index contributed by atoms with van der Waals surface area (Å²) in [6.45, 7) is 9.40. The van der Waals surface area contributed by atoms with Crippen molar-refractivity contribution in [3.8, 4) is 0 Å². The number of piperazine rings is 1. The maximum Gasteiger partial charge on any atom is 0.0789 e. The molecular weight excluding hydrogens is 238 g/mol. The number of β-amino-alcohol motifs (C(OH)–C–C–N with tert-alkyl or cyclic N) is 1. The summed E-state index contributed by atoms with van der Waals surface area (Å²) in [7, 11) is 0. The number of hydrogen-bond donors (Lipinski definition) is 2. The Morgan fingerprint density at radius 1 is 1.21 bits per heavy atom. The molecule has 2 rings (SSSR count). The molecule has 4 heteroatoms. The number of nitrogens with zero attached hydrogens (tertiary/aromatic N) is 2. The zero-order valence-corrected chi connectivity index (χ0v) is 12.0. The number of aryl methyl sites for hydroxylation is 1. The minimum atomic E-state index is -0.396. The smallest absolute Gasteiger partial charge is 0.0789 e. The van der Waals surface area contributed by atoms with E-state index in [0.29, 0.717) is 13.1 Å². The van der Waals surface area contributed by atoms with Crippen LogP contribution < -0.4 is 10.6 Å². The molecule has 1 unspecified atom stereocenters. The third-order valence-corrected chi connectivity index (χ3v) is 4.03. The van der Waals surface area contributed by atoms with Gasteiger partial charge in [0, 0.05) is 45.0 Å². The van der Waals surface area contributed by atoms with E-state index in [2.05, 4.69) is 41.8 Å². The molecule has 4 nitrogen and oxygen atoms in total. The monoisotopic (exact) mass is 263 g/mol. The van der Waals surface area contributed by atoms with Crippen molar-refractivity contribution in [2.75, 3.05) is 44.2 Å². The number of nitrogens with two attached hydrogens (primary N) is 1. The van der Waals surface area contributed by atoms with Crippen LogP contribution in [0.25, 0.3) is 0 Å². The van der Waals surface area contributed by atoms with Crippen molar-refractivity contribution in [1.82, 2.24) is 4.90 Å². The number of anilines is 1. The minimum absolute atomic E-state index is 0.344. The fraction of sp³-hybridized carbons (Fsp3) is 0.600. The lowest BCUT2D eigenvalue weighted by atomic mass is 10.1. The molecule has 1 fully saturated rings. The zero-order chi connectivity index (χ0) is 13.8. The predicted molar refractivity (Wildman–Crippen MR) is 79.6 cm³/mol. The molecule has 106 valence electrons. The summed E-state index contributed by atoms with van der Waals surface area (Å²) in [5.74, 6) is 0. The Bertz CT molecular complexity index is 414. The maximum atomic E-state index is 9.59. The molecule has 1 aliphatic heterocycles. The van der Waals surface area contributed by atoms with Crippen molar-refractivity contribution in [1.29, 1.82) is 0 Å². The number of rotatable bonds is 4. The van der Waals surface area contributed by atoms with E-state index in [9.17, 15) is 5.11 Å². The van der Waals surface area contributed by atoms with Crippen LogP contribution in [0.4, 0.5) is 5.69 Å². The first-order chi connectivity index (χ1) is 9.11. The first-order valence-electron chi connectivity index (χ1n) is 7.03. The quantitative estimate of drug-likeness (QED) is 0.841. The highest BCUT2D eigenvalue weighted by Gasteiger charge is 2.20. The second kappa shape index (κ2) is 6.37. The molecule has 0 bridgehead atoms. The van der Waals surface area contributed by atoms with E-state index in [0.717, 1.165) is 26.2 Å². The standard InChI is InChI=1S/C15H25N3O/c1-12-4-3-5-15(13(12)2)18-8-6-17(7-9-18)11-14(19)10-16/h3-5,14,19H,6-11,16H2,1-2H3. The van der Waals surface area contributed by atoms with Crippen LogP contribution in [0, 0.1) is 13.8 Å². The van der Waals surface area contributed by atoms with Gasteiger partial charge in [-0.05, 0) is 31.0 Å². The molecule has 0 spiro atoms. The molecule has 0 saturated carbocycles. The van der Waals surface area contributed by atoms with Crippen molar-refractivity contribution >= 4 is 5.69 Å². The molecule has 0 aliphatic carbocycles. The van der Waals surface area contributed by atoms with Crippen LogP contribution in [0.1, 0.15) is 11.1 Å². The highest BCUT2D eigenvalue weighted by atomic mass is 16.3. The molecule has 0 aromatic heterocycles. The molecule has 1 saturated heterocycles. The molecule has 1 heterocycles. The highest BCUT2D eigenvalue weighted by Crippen LogP contribution is 2.23. The Morgan fingerprint density at radius 2 is 1.89 bits per heavy atom. The van der Waals surface area contributed by atoms with Crippen LogP contribution >= 0.6 is 0 Å². The number of benzene rings is 1. The summed E-state index contributed by atoms with van der Waals surface area (Å²) < 4.78 is 0. The van der Waals surface area contributed by atoms with E-state index in [-0.39, 0.29) is 0 Å². The molecular formula is C15H25N3O. The molecule has 0 amide bonds. The van der Waals surface area contributed by atoms with Gasteiger partial charge in [0.05, 0.1) is 6.10 Å². The average Bonchev–Trinajstić information content (AvgIpc) is 2.43. The van der Waals surface area contributed by atoms with Gasteiger partial charge in [0.15, 0.2) is 0 Å². The van der Waals surface area contributed by atoms with Crippen LogP contribution in [0.5, 0.6) is 0 Å². The fourth-order valence-electron chi connectivity index (χ4n) is 2.62. The largest absolute Gasteiger partial charge is 0.390 e. The second-order valence-electron chi connectivity index (χ2n) is 5.40. The van der Waals surface area contributed by atoms with Gasteiger partial charge in [-0.15, -0.1) is 0 Å². The Hall–Kier alpha value is -1.10. The van der Waals surface area contributed by atoms with Gasteiger partial charge >= 0.3 is 0 Å². The molecule has 19 heavy (non-hydrogen) atoms. The van der Waals surface area contributed by atoms with Crippen LogP contribution in [-0.2, 0) is 0 Å². The van der Waals surface area contributed by atoms with Gasteiger partial charge in [0.25, 0.3) is 0 Å². The van der Waals surface area contributed by atoms with Crippen molar-refractivity contribution < 1.29 is 5.11 Å². The Labute approximate surface area is 115 Å². The lowest BCUT2D eigenvalue weighted by molar-refractivity contribution is 0.115. The van der Waals surface area contributed by atoms with Crippen molar-refractivity contribution in [3.63, 3.8) is 0 Å². The summed E-state index contributed by atoms with van der Waals surface area (Å²) in [5.41, 5.74) is 9.52. The van der Waals surface area contributed by atoms with E-state index < -0.39 is 6.10 Å². The van der Waals surface area contributed by atoms with Gasteiger partial charge in [-0.25, -0.2) is 0 Å². The lowest BCUT2D eigenvalue weighted by Gasteiger charge is -2.37. The van der Waals surface area contributed by atoms with Crippen molar-refractivity contribution in [2.24, 2.45) is 5.73 Å². The lowest BCUT2D eigenvalue weighted by Crippen LogP contribution is -2.49. The van der Waals surface area contributed by atoms with Crippen LogP contribution in [0.3, 0.4) is 0 Å². The predicted octanol–water partition coefficient (Wildman–Crippen LogP) is 0.745. The van der Waals surface area contributed by atoms with Gasteiger partial charge in [-0.1, -0.05) is 12.1 Å². The normalized spacial score (nSPS) is 18.6. The van der Waals surface area contributed by atoms with Gasteiger partial charge in [0.2, 0.25) is 0 Å². The second-order valence-corrected chi connectivity index (χ2v) is 5.40. The van der Waals surface area contributed by atoms with E-state index in [1.807, 2.05) is 0 Å². The maximum absolute atomic E-state index is 9.59. The first-order valence-corrected chi connectivity index (χ1v) is 7.03. The summed E-state index contributed by atoms with van der Waals surface area (Å²) in [6.07, 6.45) is -0.396. The van der Waals surface area contributed by atoms with Crippen molar-refractivity contribution in [2.45, 2.75) is 20.0 Å². The summed E-state index contributed by atoms with van der Waals surface area (Å²) in [6, 6.07) is 6.49. The summed E-state index contributed by atoms with van der Waals surface area (Å²) >= 11 is 0. The minimum Gasteiger partial charge on any atom is -0.390 e. The Morgan fingerprint density at radius 3 is 2.53 bits per heavy atom. The molecule has 1 aromatic rings. The van der Waals surface area contributed by atoms with Gasteiger partial charge in [-0.2, -0.15) is 0 Å². The van der Waals surface area contributed by atoms with Crippen LogP contribution in [0.2, 0.25) is 0 Å². The number of hydrogen-bond acceptors (Lipinski definition) is 4. The third-order valence-electron chi connectivity index (χ3n) is 4.03. The Balaban J connectivity index is 1.94. The molecule has 1 aromatic carbocycles. The third kappa shape index (κ3) is 3.47.